The lowest BCUT2D eigenvalue weighted by atomic mass is 10.3. The molecule has 1 rings (SSSR count). The molecule has 1 aromatic rings. The number of aromatic nitrogens is 3. The van der Waals surface area contributed by atoms with Crippen LogP contribution in [0.3, 0.4) is 0 Å². The SMILES string of the molecule is CSCCC(C)Nc1nc(N)nc(C(F)(F)F)n1. The number of nitrogen functional groups attached to an aromatic ring is 1. The number of hydrogen-bond donors (Lipinski definition) is 2. The second kappa shape index (κ2) is 6.07. The Morgan fingerprint density at radius 3 is 2.56 bits per heavy atom. The number of rotatable bonds is 5. The van der Waals surface area contributed by atoms with E-state index in [0.29, 0.717) is 0 Å². The Morgan fingerprint density at radius 1 is 1.33 bits per heavy atom. The molecule has 0 amide bonds. The van der Waals surface area contributed by atoms with Crippen LogP contribution in [0.5, 0.6) is 0 Å². The maximum absolute atomic E-state index is 12.4. The number of halogens is 3. The second-order valence-electron chi connectivity index (χ2n) is 3.67. The van der Waals surface area contributed by atoms with Crippen LogP contribution in [0.15, 0.2) is 0 Å². The largest absolute Gasteiger partial charge is 0.451 e. The average Bonchev–Trinajstić information content (AvgIpc) is 2.24. The highest BCUT2D eigenvalue weighted by Crippen LogP contribution is 2.26. The topological polar surface area (TPSA) is 76.7 Å². The summed E-state index contributed by atoms with van der Waals surface area (Å²) in [7, 11) is 0. The Kier molecular flexibility index (Phi) is 5.00. The first-order valence-corrected chi connectivity index (χ1v) is 6.56. The lowest BCUT2D eigenvalue weighted by Gasteiger charge is -2.14. The predicted molar refractivity (Wildman–Crippen MR) is 65.3 cm³/mol. The second-order valence-corrected chi connectivity index (χ2v) is 4.65. The van der Waals surface area contributed by atoms with Crippen molar-refractivity contribution in [3.63, 3.8) is 0 Å². The average molecular weight is 281 g/mol. The number of nitrogens with zero attached hydrogens (tertiary/aromatic N) is 3. The van der Waals surface area contributed by atoms with E-state index in [1.54, 1.807) is 11.8 Å². The molecule has 0 bridgehead atoms. The van der Waals surface area contributed by atoms with Crippen LogP contribution in [0, 0.1) is 0 Å². The molecule has 0 saturated heterocycles. The Balaban J connectivity index is 2.80. The first-order valence-electron chi connectivity index (χ1n) is 5.17. The smallest absolute Gasteiger partial charge is 0.368 e. The fourth-order valence-corrected chi connectivity index (χ4v) is 1.76. The van der Waals surface area contributed by atoms with Crippen molar-refractivity contribution in [2.24, 2.45) is 0 Å². The molecule has 0 saturated carbocycles. The number of thioether (sulfide) groups is 1. The van der Waals surface area contributed by atoms with E-state index in [9.17, 15) is 13.2 Å². The minimum absolute atomic E-state index is 0.0414. The molecule has 102 valence electrons. The third-order valence-corrected chi connectivity index (χ3v) is 2.68. The van der Waals surface area contributed by atoms with Crippen LogP contribution in [0.25, 0.3) is 0 Å². The maximum Gasteiger partial charge on any atom is 0.451 e. The lowest BCUT2D eigenvalue weighted by molar-refractivity contribution is -0.144. The zero-order valence-corrected chi connectivity index (χ0v) is 10.8. The van der Waals surface area contributed by atoms with Gasteiger partial charge >= 0.3 is 6.18 Å². The quantitative estimate of drug-likeness (QED) is 0.860. The molecule has 3 N–H and O–H groups in total. The van der Waals surface area contributed by atoms with E-state index in [0.717, 1.165) is 12.2 Å². The van der Waals surface area contributed by atoms with Crippen molar-refractivity contribution in [1.29, 1.82) is 0 Å². The summed E-state index contributed by atoms with van der Waals surface area (Å²) in [5.41, 5.74) is 5.23. The maximum atomic E-state index is 12.4. The molecule has 1 atom stereocenters. The highest BCUT2D eigenvalue weighted by molar-refractivity contribution is 7.98. The molecule has 0 radical (unpaired) electrons. The zero-order valence-electron chi connectivity index (χ0n) is 9.95. The summed E-state index contributed by atoms with van der Waals surface area (Å²) < 4.78 is 37.3. The van der Waals surface area contributed by atoms with Crippen molar-refractivity contribution >= 4 is 23.7 Å². The van der Waals surface area contributed by atoms with Crippen LogP contribution in [0.1, 0.15) is 19.2 Å². The number of anilines is 2. The van der Waals surface area contributed by atoms with Gasteiger partial charge in [0, 0.05) is 6.04 Å². The molecule has 0 spiro atoms. The number of hydrogen-bond acceptors (Lipinski definition) is 6. The van der Waals surface area contributed by atoms with Crippen molar-refractivity contribution < 1.29 is 13.2 Å². The van der Waals surface area contributed by atoms with Gasteiger partial charge in [-0.05, 0) is 25.4 Å². The fourth-order valence-electron chi connectivity index (χ4n) is 1.17. The molecule has 0 fully saturated rings. The third-order valence-electron chi connectivity index (χ3n) is 2.04. The van der Waals surface area contributed by atoms with Gasteiger partial charge < -0.3 is 11.1 Å². The molecule has 0 aromatic carbocycles. The van der Waals surface area contributed by atoms with E-state index in [1.165, 1.54) is 0 Å². The Morgan fingerprint density at radius 2 is 2.00 bits per heavy atom. The Labute approximate surface area is 107 Å². The lowest BCUT2D eigenvalue weighted by Crippen LogP contribution is -2.21. The zero-order chi connectivity index (χ0) is 13.8. The summed E-state index contributed by atoms with van der Waals surface area (Å²) in [6.45, 7) is 1.84. The molecule has 0 aliphatic rings. The highest BCUT2D eigenvalue weighted by atomic mass is 32.2. The van der Waals surface area contributed by atoms with Gasteiger partial charge in [0.05, 0.1) is 0 Å². The molecular formula is C9H14F3N5S. The third kappa shape index (κ3) is 4.55. The van der Waals surface area contributed by atoms with Crippen molar-refractivity contribution in [1.82, 2.24) is 15.0 Å². The van der Waals surface area contributed by atoms with Crippen LogP contribution in [-0.2, 0) is 6.18 Å². The van der Waals surface area contributed by atoms with E-state index >= 15 is 0 Å². The molecule has 0 aliphatic heterocycles. The van der Waals surface area contributed by atoms with Crippen LogP contribution >= 0.6 is 11.8 Å². The van der Waals surface area contributed by atoms with Gasteiger partial charge in [0.25, 0.3) is 0 Å². The molecule has 1 aromatic heterocycles. The summed E-state index contributed by atoms with van der Waals surface area (Å²) in [5, 5.41) is 2.77. The minimum atomic E-state index is -4.63. The molecule has 5 nitrogen and oxygen atoms in total. The van der Waals surface area contributed by atoms with Gasteiger partial charge in [0.2, 0.25) is 17.7 Å². The molecule has 1 unspecified atom stereocenters. The molecule has 18 heavy (non-hydrogen) atoms. The monoisotopic (exact) mass is 281 g/mol. The number of nitrogens with two attached hydrogens (primary N) is 1. The number of alkyl halides is 3. The van der Waals surface area contributed by atoms with E-state index in [2.05, 4.69) is 20.3 Å². The van der Waals surface area contributed by atoms with Crippen LogP contribution in [-0.4, -0.2) is 33.0 Å². The van der Waals surface area contributed by atoms with E-state index in [-0.39, 0.29) is 12.0 Å². The van der Waals surface area contributed by atoms with E-state index in [4.69, 9.17) is 5.73 Å². The van der Waals surface area contributed by atoms with E-state index in [1.807, 2.05) is 13.2 Å². The van der Waals surface area contributed by atoms with Gasteiger partial charge in [-0.3, -0.25) is 0 Å². The first kappa shape index (κ1) is 14.8. The summed E-state index contributed by atoms with van der Waals surface area (Å²) >= 11 is 1.65. The van der Waals surface area contributed by atoms with Gasteiger partial charge in [-0.1, -0.05) is 0 Å². The van der Waals surface area contributed by atoms with Crippen LogP contribution < -0.4 is 11.1 Å². The van der Waals surface area contributed by atoms with Crippen molar-refractivity contribution in [3.05, 3.63) is 5.82 Å². The van der Waals surface area contributed by atoms with Crippen molar-refractivity contribution in [3.8, 4) is 0 Å². The van der Waals surface area contributed by atoms with Crippen LogP contribution in [0.4, 0.5) is 25.1 Å². The fraction of sp³-hybridized carbons (Fsp3) is 0.667. The Bertz CT molecular complexity index is 398. The van der Waals surface area contributed by atoms with Gasteiger partial charge in [-0.2, -0.15) is 39.9 Å². The minimum Gasteiger partial charge on any atom is -0.368 e. The standard InChI is InChI=1S/C9H14F3N5S/c1-5(3-4-18-2)14-8-16-6(9(10,11)12)15-7(13)17-8/h5H,3-4H2,1-2H3,(H3,13,14,15,16,17). The van der Waals surface area contributed by atoms with Gasteiger partial charge in [0.1, 0.15) is 0 Å². The van der Waals surface area contributed by atoms with E-state index < -0.39 is 17.9 Å². The molecular weight excluding hydrogens is 267 g/mol. The van der Waals surface area contributed by atoms with Crippen LogP contribution in [0.2, 0.25) is 0 Å². The molecule has 1 heterocycles. The normalized spacial score (nSPS) is 13.4. The van der Waals surface area contributed by atoms with Gasteiger partial charge in [-0.15, -0.1) is 0 Å². The highest BCUT2D eigenvalue weighted by Gasteiger charge is 2.35. The summed E-state index contributed by atoms with van der Waals surface area (Å²) in [4.78, 5) is 10.0. The van der Waals surface area contributed by atoms with Crippen molar-refractivity contribution in [2.75, 3.05) is 23.1 Å². The molecule has 9 heteroatoms. The summed E-state index contributed by atoms with van der Waals surface area (Å²) in [6, 6.07) is -0.0414. The van der Waals surface area contributed by atoms with Gasteiger partial charge in [-0.25, -0.2) is 0 Å². The summed E-state index contributed by atoms with van der Waals surface area (Å²) in [5.74, 6) is -0.990. The Hall–Kier alpha value is -1.25. The molecule has 0 aliphatic carbocycles. The number of nitrogens with one attached hydrogen (secondary N) is 1. The summed E-state index contributed by atoms with van der Waals surface area (Å²) in [6.07, 6.45) is -1.89. The van der Waals surface area contributed by atoms with Crippen molar-refractivity contribution in [2.45, 2.75) is 25.6 Å². The predicted octanol–water partition coefficient (Wildman–Crippen LogP) is 2.03. The first-order chi connectivity index (χ1) is 8.32. The van der Waals surface area contributed by atoms with Gasteiger partial charge in [0.15, 0.2) is 0 Å².